The molecule has 3 heterocycles. The number of benzene rings is 7. The van der Waals surface area contributed by atoms with E-state index >= 15 is 0 Å². The molecule has 0 bridgehead atoms. The van der Waals surface area contributed by atoms with Crippen molar-refractivity contribution < 1.29 is 4.42 Å². The molecule has 232 valence electrons. The average Bonchev–Trinajstić information content (AvgIpc) is 3.74. The summed E-state index contributed by atoms with van der Waals surface area (Å²) in [4.78, 5) is 3.67. The molecule has 1 aliphatic rings. The molecular formula is C45H30N2OS. The standard InChI is InChI=1S/C45H30N2OS/c1-2-8-29(9-3-1)30-14-19-33(20-15-30)47(35-23-25-43-39(26-35)37-12-6-7-13-42(37)48-43)34-21-16-32(17-22-34)41-27-44-40(28-46-41)38-24-18-31-10-4-5-11-36(31)45(38)49-44/h1-27,46H,28H2. The van der Waals surface area contributed by atoms with Gasteiger partial charge in [-0.05, 0) is 93.0 Å². The Morgan fingerprint density at radius 1 is 0.510 bits per heavy atom. The number of hydrogen-bond acceptors (Lipinski definition) is 4. The highest BCUT2D eigenvalue weighted by atomic mass is 32.1. The molecule has 2 aromatic heterocycles. The molecule has 0 radical (unpaired) electrons. The normalized spacial score (nSPS) is 12.7. The van der Waals surface area contributed by atoms with E-state index in [2.05, 4.69) is 162 Å². The van der Waals surface area contributed by atoms with Crippen LogP contribution in [0.3, 0.4) is 0 Å². The quantitative estimate of drug-likeness (QED) is 0.202. The molecule has 4 heteroatoms. The summed E-state index contributed by atoms with van der Waals surface area (Å²) in [5, 5.41) is 9.94. The third-order valence-electron chi connectivity index (χ3n) is 9.73. The van der Waals surface area contributed by atoms with Crippen LogP contribution >= 0.6 is 11.3 Å². The van der Waals surface area contributed by atoms with Crippen LogP contribution in [0.2, 0.25) is 0 Å². The molecule has 0 aliphatic carbocycles. The molecule has 0 fully saturated rings. The molecule has 9 aromatic rings. The molecule has 0 atom stereocenters. The molecule has 3 nitrogen and oxygen atoms in total. The zero-order valence-electron chi connectivity index (χ0n) is 26.6. The van der Waals surface area contributed by atoms with Gasteiger partial charge in [0.15, 0.2) is 0 Å². The van der Waals surface area contributed by atoms with E-state index < -0.39 is 0 Å². The first-order chi connectivity index (χ1) is 24.3. The fraction of sp³-hybridized carbons (Fsp3) is 0.0222. The van der Waals surface area contributed by atoms with Gasteiger partial charge in [0.05, 0.1) is 0 Å². The van der Waals surface area contributed by atoms with Crippen LogP contribution in [0.1, 0.15) is 16.0 Å². The average molecular weight is 647 g/mol. The van der Waals surface area contributed by atoms with Crippen molar-refractivity contribution in [3.05, 3.63) is 174 Å². The van der Waals surface area contributed by atoms with Gasteiger partial charge in [-0.3, -0.25) is 0 Å². The predicted octanol–water partition coefficient (Wildman–Crippen LogP) is 12.7. The molecule has 1 N–H and O–H groups in total. The monoisotopic (exact) mass is 646 g/mol. The van der Waals surface area contributed by atoms with Crippen LogP contribution in [0, 0.1) is 0 Å². The zero-order chi connectivity index (χ0) is 32.3. The van der Waals surface area contributed by atoms with E-state index in [1.54, 1.807) is 0 Å². The van der Waals surface area contributed by atoms with Gasteiger partial charge in [-0.1, -0.05) is 109 Å². The van der Waals surface area contributed by atoms with E-state index in [0.29, 0.717) is 0 Å². The van der Waals surface area contributed by atoms with Gasteiger partial charge in [0, 0.05) is 49.7 Å². The molecule has 0 amide bonds. The lowest BCUT2D eigenvalue weighted by Gasteiger charge is -2.26. The number of nitrogens with zero attached hydrogens (tertiary/aromatic N) is 1. The van der Waals surface area contributed by atoms with Gasteiger partial charge in [0.1, 0.15) is 11.2 Å². The van der Waals surface area contributed by atoms with Crippen LogP contribution in [0.25, 0.3) is 65.7 Å². The number of anilines is 3. The number of furan rings is 1. The van der Waals surface area contributed by atoms with Gasteiger partial charge in [-0.15, -0.1) is 11.3 Å². The van der Waals surface area contributed by atoms with Crippen molar-refractivity contribution in [3.8, 4) is 11.1 Å². The lowest BCUT2D eigenvalue weighted by atomic mass is 10.0. The summed E-state index contributed by atoms with van der Waals surface area (Å²) in [6, 6.07) is 56.3. The van der Waals surface area contributed by atoms with Gasteiger partial charge in [-0.2, -0.15) is 0 Å². The Kier molecular flexibility index (Phi) is 6.42. The second-order valence-corrected chi connectivity index (χ2v) is 13.6. The van der Waals surface area contributed by atoms with Gasteiger partial charge in [-0.25, -0.2) is 0 Å². The highest BCUT2D eigenvalue weighted by Crippen LogP contribution is 2.42. The van der Waals surface area contributed by atoms with Crippen molar-refractivity contribution in [2.45, 2.75) is 6.54 Å². The van der Waals surface area contributed by atoms with E-state index in [4.69, 9.17) is 4.42 Å². The predicted molar refractivity (Wildman–Crippen MR) is 208 cm³/mol. The van der Waals surface area contributed by atoms with Crippen molar-refractivity contribution in [1.29, 1.82) is 0 Å². The second kappa shape index (κ2) is 11.3. The van der Waals surface area contributed by atoms with Gasteiger partial charge in [0.25, 0.3) is 0 Å². The SMILES string of the molecule is C1=C(c2ccc(N(c3ccc(-c4ccccc4)cc3)c3ccc4oc5ccccc5c4c3)cc2)NCc2c1sc1c2ccc2ccccc21. The van der Waals surface area contributed by atoms with Crippen LogP contribution < -0.4 is 10.2 Å². The summed E-state index contributed by atoms with van der Waals surface area (Å²) in [7, 11) is 0. The number of thiophene rings is 1. The minimum Gasteiger partial charge on any atom is -0.456 e. The highest BCUT2D eigenvalue weighted by molar-refractivity contribution is 7.21. The largest absolute Gasteiger partial charge is 0.456 e. The summed E-state index contributed by atoms with van der Waals surface area (Å²) < 4.78 is 7.55. The molecule has 1 aliphatic heterocycles. The minimum absolute atomic E-state index is 0.819. The third-order valence-corrected chi connectivity index (χ3v) is 11.0. The Labute approximate surface area is 288 Å². The molecule has 0 saturated carbocycles. The van der Waals surface area contributed by atoms with Gasteiger partial charge in [0.2, 0.25) is 0 Å². The van der Waals surface area contributed by atoms with Gasteiger partial charge >= 0.3 is 0 Å². The molecule has 0 unspecified atom stereocenters. The Morgan fingerprint density at radius 3 is 1.98 bits per heavy atom. The molecule has 0 saturated heterocycles. The van der Waals surface area contributed by atoms with Crippen molar-refractivity contribution >= 4 is 83.0 Å². The smallest absolute Gasteiger partial charge is 0.135 e. The van der Waals surface area contributed by atoms with Crippen molar-refractivity contribution in [2.24, 2.45) is 0 Å². The number of para-hydroxylation sites is 1. The Balaban J connectivity index is 1.05. The molecule has 10 rings (SSSR count). The molecule has 0 spiro atoms. The molecular weight excluding hydrogens is 617 g/mol. The minimum atomic E-state index is 0.819. The van der Waals surface area contributed by atoms with E-state index in [0.717, 1.165) is 51.2 Å². The summed E-state index contributed by atoms with van der Waals surface area (Å²) in [5.41, 5.74) is 11.2. The van der Waals surface area contributed by atoms with Crippen molar-refractivity contribution in [3.63, 3.8) is 0 Å². The van der Waals surface area contributed by atoms with Crippen LogP contribution in [0.4, 0.5) is 17.1 Å². The van der Waals surface area contributed by atoms with Crippen LogP contribution in [0.5, 0.6) is 0 Å². The van der Waals surface area contributed by atoms with Crippen molar-refractivity contribution in [1.82, 2.24) is 5.32 Å². The first-order valence-electron chi connectivity index (χ1n) is 16.6. The zero-order valence-corrected chi connectivity index (χ0v) is 27.4. The summed E-state index contributed by atoms with van der Waals surface area (Å²) in [6.07, 6.45) is 2.32. The summed E-state index contributed by atoms with van der Waals surface area (Å²) in [5.74, 6) is 0. The first-order valence-corrected chi connectivity index (χ1v) is 17.4. The van der Waals surface area contributed by atoms with E-state index in [-0.39, 0.29) is 0 Å². The van der Waals surface area contributed by atoms with E-state index in [1.807, 2.05) is 23.5 Å². The molecule has 49 heavy (non-hydrogen) atoms. The number of fused-ring (bicyclic) bond motifs is 8. The Morgan fingerprint density at radius 2 is 1.16 bits per heavy atom. The van der Waals surface area contributed by atoms with Gasteiger partial charge < -0.3 is 14.6 Å². The van der Waals surface area contributed by atoms with Crippen LogP contribution in [-0.4, -0.2) is 0 Å². The lowest BCUT2D eigenvalue weighted by Crippen LogP contribution is -2.16. The fourth-order valence-electron chi connectivity index (χ4n) is 7.27. The maximum atomic E-state index is 6.18. The maximum absolute atomic E-state index is 6.18. The topological polar surface area (TPSA) is 28.4 Å². The van der Waals surface area contributed by atoms with Crippen LogP contribution in [-0.2, 0) is 6.54 Å². The second-order valence-electron chi connectivity index (χ2n) is 12.6. The summed E-state index contributed by atoms with van der Waals surface area (Å²) in [6.45, 7) is 0.819. The number of rotatable bonds is 5. The van der Waals surface area contributed by atoms with E-state index in [9.17, 15) is 0 Å². The first kappa shape index (κ1) is 28.0. The third kappa shape index (κ3) is 4.72. The highest BCUT2D eigenvalue weighted by Gasteiger charge is 2.20. The Bertz CT molecular complexity index is 2700. The summed E-state index contributed by atoms with van der Waals surface area (Å²) >= 11 is 1.90. The number of hydrogen-bond donors (Lipinski definition) is 1. The maximum Gasteiger partial charge on any atom is 0.135 e. The number of nitrogens with one attached hydrogen (secondary N) is 1. The molecule has 7 aromatic carbocycles. The fourth-order valence-corrected chi connectivity index (χ4v) is 8.57. The Hall–Kier alpha value is -6.10. The van der Waals surface area contributed by atoms with Crippen LogP contribution in [0.15, 0.2) is 162 Å². The van der Waals surface area contributed by atoms with E-state index in [1.165, 1.54) is 48.0 Å². The lowest BCUT2D eigenvalue weighted by molar-refractivity contribution is 0.669. The van der Waals surface area contributed by atoms with Crippen molar-refractivity contribution in [2.75, 3.05) is 4.90 Å².